The van der Waals surface area contributed by atoms with Gasteiger partial charge in [0.15, 0.2) is 0 Å². The lowest BCUT2D eigenvalue weighted by atomic mass is 9.84. The lowest BCUT2D eigenvalue weighted by molar-refractivity contribution is -0.137. The highest BCUT2D eigenvalue weighted by Crippen LogP contribution is 2.32. The molecule has 1 fully saturated rings. The minimum absolute atomic E-state index is 0.142. The smallest absolute Gasteiger partial charge is 0.337 e. The number of nitrogens with one attached hydrogen (secondary N) is 1. The Labute approximate surface area is 159 Å². The van der Waals surface area contributed by atoms with Crippen LogP contribution in [0.5, 0.6) is 0 Å². The van der Waals surface area contributed by atoms with Crippen LogP contribution in [0, 0.1) is 5.92 Å². The number of likely N-dealkylation sites (tertiary alicyclic amines) is 1. The highest BCUT2D eigenvalue weighted by atomic mass is 19.4. The Balaban J connectivity index is 1.92. The lowest BCUT2D eigenvalue weighted by Crippen LogP contribution is -2.44. The normalized spacial score (nSPS) is 18.2. The van der Waals surface area contributed by atoms with Gasteiger partial charge in [-0.15, -0.1) is 0 Å². The van der Waals surface area contributed by atoms with Gasteiger partial charge in [0.1, 0.15) is 0 Å². The third kappa shape index (κ3) is 5.86. The van der Waals surface area contributed by atoms with E-state index in [0.717, 1.165) is 38.7 Å². The molecule has 0 spiro atoms. The van der Waals surface area contributed by atoms with Gasteiger partial charge in [-0.25, -0.2) is 4.79 Å². The monoisotopic (exact) mass is 385 g/mol. The van der Waals surface area contributed by atoms with Crippen LogP contribution in [0.25, 0.3) is 0 Å². The van der Waals surface area contributed by atoms with Crippen molar-refractivity contribution in [2.24, 2.45) is 5.92 Å². The fourth-order valence-electron chi connectivity index (χ4n) is 3.36. The fourth-order valence-corrected chi connectivity index (χ4v) is 3.36. The summed E-state index contributed by atoms with van der Waals surface area (Å²) >= 11 is 0. The lowest BCUT2D eigenvalue weighted by Gasteiger charge is -2.28. The summed E-state index contributed by atoms with van der Waals surface area (Å²) in [4.78, 5) is 16.5. The molecule has 1 unspecified atom stereocenters. The van der Waals surface area contributed by atoms with Gasteiger partial charge >= 0.3 is 12.2 Å². The second-order valence-electron chi connectivity index (χ2n) is 8.08. The number of amides is 2. The van der Waals surface area contributed by atoms with Crippen LogP contribution < -0.4 is 5.32 Å². The van der Waals surface area contributed by atoms with Crippen LogP contribution in [0.2, 0.25) is 0 Å². The van der Waals surface area contributed by atoms with Crippen molar-refractivity contribution >= 4 is 6.03 Å². The van der Waals surface area contributed by atoms with E-state index in [1.807, 2.05) is 13.8 Å². The maximum Gasteiger partial charge on any atom is 0.416 e. The Morgan fingerprint density at radius 3 is 2.59 bits per heavy atom. The Kier molecular flexibility index (Phi) is 6.78. The Morgan fingerprint density at radius 1 is 1.30 bits per heavy atom. The van der Waals surface area contributed by atoms with Gasteiger partial charge in [-0.2, -0.15) is 13.2 Å². The van der Waals surface area contributed by atoms with Crippen LogP contribution in [0.1, 0.15) is 38.3 Å². The van der Waals surface area contributed by atoms with Crippen LogP contribution in [0.4, 0.5) is 18.0 Å². The number of carbonyl (C=O) groups is 1. The van der Waals surface area contributed by atoms with Crippen molar-refractivity contribution in [2.45, 2.75) is 38.8 Å². The van der Waals surface area contributed by atoms with Crippen molar-refractivity contribution in [1.29, 1.82) is 0 Å². The van der Waals surface area contributed by atoms with Crippen molar-refractivity contribution in [3.63, 3.8) is 0 Å². The molecule has 1 aromatic carbocycles. The van der Waals surface area contributed by atoms with Crippen molar-refractivity contribution in [2.75, 3.05) is 39.8 Å². The number of benzene rings is 1. The number of nitrogens with zero attached hydrogens (tertiary/aromatic N) is 2. The molecular weight excluding hydrogens is 355 g/mol. The van der Waals surface area contributed by atoms with E-state index in [1.54, 1.807) is 11.0 Å². The van der Waals surface area contributed by atoms with Gasteiger partial charge in [0.2, 0.25) is 0 Å². The second kappa shape index (κ2) is 8.50. The second-order valence-corrected chi connectivity index (χ2v) is 8.08. The molecule has 1 N–H and O–H groups in total. The van der Waals surface area contributed by atoms with Gasteiger partial charge in [-0.1, -0.05) is 39.0 Å². The molecule has 1 aliphatic rings. The average molecular weight is 385 g/mol. The molecule has 27 heavy (non-hydrogen) atoms. The summed E-state index contributed by atoms with van der Waals surface area (Å²) in [6.07, 6.45) is -3.39. The van der Waals surface area contributed by atoms with E-state index in [0.29, 0.717) is 11.5 Å². The molecule has 0 saturated carbocycles. The van der Waals surface area contributed by atoms with Crippen LogP contribution in [0.3, 0.4) is 0 Å². The summed E-state index contributed by atoms with van der Waals surface area (Å²) in [6, 6.07) is 5.18. The standard InChI is InChI=1S/C20H30F3N3O/c1-5-25(4)12-15-9-10-26(13-15)18(27)24-14-19(2,3)16-7-6-8-17(11-16)20(21,22)23/h6-8,11,15H,5,9-10,12-14H2,1-4H3,(H,24,27). The first-order chi connectivity index (χ1) is 12.5. The van der Waals surface area contributed by atoms with Gasteiger partial charge in [0, 0.05) is 31.6 Å². The third-order valence-electron chi connectivity index (χ3n) is 5.34. The summed E-state index contributed by atoms with van der Waals surface area (Å²) in [6.45, 7) is 9.46. The van der Waals surface area contributed by atoms with Crippen molar-refractivity contribution in [3.05, 3.63) is 35.4 Å². The first-order valence-electron chi connectivity index (χ1n) is 9.42. The molecule has 1 atom stereocenters. The Bertz CT molecular complexity index is 646. The summed E-state index contributed by atoms with van der Waals surface area (Å²) in [7, 11) is 2.07. The van der Waals surface area contributed by atoms with E-state index in [-0.39, 0.29) is 12.6 Å². The van der Waals surface area contributed by atoms with Gasteiger partial charge < -0.3 is 15.1 Å². The number of alkyl halides is 3. The van der Waals surface area contributed by atoms with Crippen molar-refractivity contribution < 1.29 is 18.0 Å². The molecule has 2 rings (SSSR count). The van der Waals surface area contributed by atoms with Crippen molar-refractivity contribution in [3.8, 4) is 0 Å². The summed E-state index contributed by atoms with van der Waals surface area (Å²) in [5, 5.41) is 2.90. The number of halogens is 3. The summed E-state index contributed by atoms with van der Waals surface area (Å²) in [5.41, 5.74) is -0.707. The number of hydrogen-bond donors (Lipinski definition) is 1. The van der Waals surface area contributed by atoms with Crippen molar-refractivity contribution in [1.82, 2.24) is 15.1 Å². The van der Waals surface area contributed by atoms with Gasteiger partial charge in [-0.05, 0) is 37.6 Å². The van der Waals surface area contributed by atoms with E-state index in [9.17, 15) is 18.0 Å². The van der Waals surface area contributed by atoms with E-state index in [2.05, 4.69) is 24.2 Å². The minimum atomic E-state index is -4.37. The molecule has 1 saturated heterocycles. The van der Waals surface area contributed by atoms with Crippen LogP contribution >= 0.6 is 0 Å². The molecule has 7 heteroatoms. The largest absolute Gasteiger partial charge is 0.416 e. The summed E-state index contributed by atoms with van der Waals surface area (Å²) < 4.78 is 38.8. The molecule has 0 bridgehead atoms. The molecule has 152 valence electrons. The molecule has 0 aliphatic carbocycles. The molecule has 0 aromatic heterocycles. The molecule has 4 nitrogen and oxygen atoms in total. The molecule has 1 aliphatic heterocycles. The number of urea groups is 1. The van der Waals surface area contributed by atoms with Crippen LogP contribution in [-0.4, -0.2) is 55.6 Å². The molecule has 2 amide bonds. The average Bonchev–Trinajstić information content (AvgIpc) is 3.07. The van der Waals surface area contributed by atoms with E-state index >= 15 is 0 Å². The third-order valence-corrected chi connectivity index (χ3v) is 5.34. The maximum absolute atomic E-state index is 12.9. The zero-order valence-corrected chi connectivity index (χ0v) is 16.6. The maximum atomic E-state index is 12.9. The van der Waals surface area contributed by atoms with Gasteiger partial charge in [0.25, 0.3) is 0 Å². The molecule has 0 radical (unpaired) electrons. The predicted octanol–water partition coefficient (Wildman–Crippen LogP) is 3.97. The fraction of sp³-hybridized carbons (Fsp3) is 0.650. The highest BCUT2D eigenvalue weighted by molar-refractivity contribution is 5.74. The minimum Gasteiger partial charge on any atom is -0.337 e. The topological polar surface area (TPSA) is 35.6 Å². The SMILES string of the molecule is CCN(C)CC1CCN(C(=O)NCC(C)(C)c2cccc(C(F)(F)F)c2)C1. The quantitative estimate of drug-likeness (QED) is 0.804. The summed E-state index contributed by atoms with van der Waals surface area (Å²) in [5.74, 6) is 0.470. The predicted molar refractivity (Wildman–Crippen MR) is 101 cm³/mol. The van der Waals surface area contributed by atoms with E-state index in [4.69, 9.17) is 0 Å². The van der Waals surface area contributed by atoms with Crippen LogP contribution in [0.15, 0.2) is 24.3 Å². The molecule has 1 heterocycles. The van der Waals surface area contributed by atoms with Crippen LogP contribution in [-0.2, 0) is 11.6 Å². The Hall–Kier alpha value is -1.76. The van der Waals surface area contributed by atoms with Gasteiger partial charge in [0.05, 0.1) is 5.56 Å². The first-order valence-corrected chi connectivity index (χ1v) is 9.42. The Morgan fingerprint density at radius 2 is 1.96 bits per heavy atom. The van der Waals surface area contributed by atoms with E-state index in [1.165, 1.54) is 12.1 Å². The zero-order chi connectivity index (χ0) is 20.2. The molecule has 1 aromatic rings. The van der Waals surface area contributed by atoms with E-state index < -0.39 is 17.2 Å². The molecular formula is C20H30F3N3O. The zero-order valence-electron chi connectivity index (χ0n) is 16.6. The first kappa shape index (κ1) is 21.5. The number of carbonyl (C=O) groups excluding carboxylic acids is 1. The number of rotatable bonds is 6. The van der Waals surface area contributed by atoms with Gasteiger partial charge in [-0.3, -0.25) is 0 Å². The number of hydrogen-bond acceptors (Lipinski definition) is 2. The highest BCUT2D eigenvalue weighted by Gasteiger charge is 2.33.